The number of carbonyl (C=O) groups is 1. The number of halogens is 1. The number of carbonyl (C=O) groups excluding carboxylic acids is 1. The fraction of sp³-hybridized carbons (Fsp3) is 0.727. The van der Waals surface area contributed by atoms with Crippen LogP contribution in [0.3, 0.4) is 0 Å². The summed E-state index contributed by atoms with van der Waals surface area (Å²) in [7, 11) is 0. The Balaban J connectivity index is 2.06. The van der Waals surface area contributed by atoms with Gasteiger partial charge in [-0.15, -0.1) is 0 Å². The summed E-state index contributed by atoms with van der Waals surface area (Å²) in [4.78, 5) is 11.3. The lowest BCUT2D eigenvalue weighted by Gasteiger charge is -2.38. The Morgan fingerprint density at radius 2 is 2.43 bits per heavy atom. The molecule has 78 valence electrons. The van der Waals surface area contributed by atoms with Crippen molar-refractivity contribution < 1.29 is 9.53 Å². The summed E-state index contributed by atoms with van der Waals surface area (Å²) in [5.74, 6) is 0.289. The molecule has 0 unspecified atom stereocenters. The quantitative estimate of drug-likeness (QED) is 0.676. The Labute approximate surface area is 89.3 Å². The predicted octanol–water partition coefficient (Wildman–Crippen LogP) is 2.86. The zero-order valence-electron chi connectivity index (χ0n) is 8.33. The van der Waals surface area contributed by atoms with E-state index < -0.39 is 0 Å². The molecule has 14 heavy (non-hydrogen) atoms. The Hall–Kier alpha value is -0.500. The van der Waals surface area contributed by atoms with Gasteiger partial charge in [0.05, 0.1) is 11.0 Å². The average molecular weight is 215 g/mol. The van der Waals surface area contributed by atoms with E-state index in [1.807, 2.05) is 6.08 Å². The van der Waals surface area contributed by atoms with Crippen molar-refractivity contribution in [3.05, 3.63) is 11.1 Å². The minimum atomic E-state index is -0.138. The highest BCUT2D eigenvalue weighted by Crippen LogP contribution is 2.41. The Kier molecular flexibility index (Phi) is 2.82. The number of fused-ring (bicyclic) bond motifs is 2. The van der Waals surface area contributed by atoms with Crippen LogP contribution in [0, 0.1) is 11.8 Å². The molecule has 3 rings (SSSR count). The Bertz CT molecular complexity index is 272. The van der Waals surface area contributed by atoms with Crippen LogP contribution in [0.25, 0.3) is 0 Å². The third-order valence-corrected chi connectivity index (χ3v) is 3.43. The van der Waals surface area contributed by atoms with Crippen LogP contribution < -0.4 is 0 Å². The van der Waals surface area contributed by atoms with Gasteiger partial charge in [-0.1, -0.05) is 37.4 Å². The van der Waals surface area contributed by atoms with Crippen LogP contribution in [-0.2, 0) is 9.53 Å². The molecule has 0 aromatic carbocycles. The molecule has 0 aromatic rings. The molecule has 1 fully saturated rings. The molecule has 3 aliphatic rings. The molecular weight excluding hydrogens is 200 g/mol. The van der Waals surface area contributed by atoms with Crippen molar-refractivity contribution >= 4 is 17.6 Å². The molecule has 0 N–H and O–H groups in total. The van der Waals surface area contributed by atoms with E-state index in [0.717, 1.165) is 17.9 Å². The highest BCUT2D eigenvalue weighted by atomic mass is 35.5. The summed E-state index contributed by atoms with van der Waals surface area (Å²) < 4.78 is 5.27. The summed E-state index contributed by atoms with van der Waals surface area (Å²) in [6.45, 7) is 2.17. The molecule has 3 atom stereocenters. The van der Waals surface area contributed by atoms with E-state index in [4.69, 9.17) is 16.3 Å². The highest BCUT2D eigenvalue weighted by Gasteiger charge is 2.42. The van der Waals surface area contributed by atoms with Crippen molar-refractivity contribution in [2.45, 2.75) is 38.7 Å². The number of esters is 1. The average Bonchev–Trinajstić information content (AvgIpc) is 2.17. The second-order valence-corrected chi connectivity index (χ2v) is 4.59. The number of ether oxygens (including phenoxy) is 1. The highest BCUT2D eigenvalue weighted by molar-refractivity contribution is 6.30. The fourth-order valence-electron chi connectivity index (χ4n) is 2.29. The fourth-order valence-corrected chi connectivity index (χ4v) is 2.67. The number of rotatable bonds is 3. The summed E-state index contributed by atoms with van der Waals surface area (Å²) in [6.07, 6.45) is 6.15. The number of unbranched alkanes of at least 4 members (excludes halogenated alkanes) is 1. The lowest BCUT2D eigenvalue weighted by Crippen LogP contribution is -2.42. The van der Waals surface area contributed by atoms with Gasteiger partial charge in [-0.05, 0) is 12.8 Å². The van der Waals surface area contributed by atoms with Crippen LogP contribution in [-0.4, -0.2) is 12.1 Å². The molecule has 1 saturated heterocycles. The normalized spacial score (nSPS) is 35.4. The molecule has 0 radical (unpaired) electrons. The molecule has 2 bridgehead atoms. The molecule has 0 aromatic heterocycles. The van der Waals surface area contributed by atoms with E-state index in [1.54, 1.807) is 0 Å². The van der Waals surface area contributed by atoms with Gasteiger partial charge in [-0.2, -0.15) is 0 Å². The van der Waals surface area contributed by atoms with E-state index in [0.29, 0.717) is 5.92 Å². The smallest absolute Gasteiger partial charge is 0.313 e. The number of hydrogen-bond acceptors (Lipinski definition) is 2. The molecule has 0 amide bonds. The van der Waals surface area contributed by atoms with Gasteiger partial charge in [0, 0.05) is 5.92 Å². The molecule has 3 heteroatoms. The first-order valence-corrected chi connectivity index (χ1v) is 5.68. The van der Waals surface area contributed by atoms with E-state index in [9.17, 15) is 4.79 Å². The molecule has 2 nitrogen and oxygen atoms in total. The summed E-state index contributed by atoms with van der Waals surface area (Å²) in [5, 5.41) is 0.738. The standard InChI is InChI=1S/C11H15ClO2/c1-2-3-4-7-5-8-6-9(12)10(7)14-11(8)13/h6-8,10H,2-5H2,1H3/t7-,8+,10-/m0/s1. The van der Waals surface area contributed by atoms with Gasteiger partial charge in [0.25, 0.3) is 0 Å². The van der Waals surface area contributed by atoms with E-state index in [2.05, 4.69) is 6.92 Å². The predicted molar refractivity (Wildman–Crippen MR) is 54.9 cm³/mol. The second-order valence-electron chi connectivity index (χ2n) is 4.15. The van der Waals surface area contributed by atoms with Gasteiger partial charge in [0.1, 0.15) is 6.10 Å². The lowest BCUT2D eigenvalue weighted by molar-refractivity contribution is -0.162. The zero-order valence-corrected chi connectivity index (χ0v) is 9.09. The van der Waals surface area contributed by atoms with Gasteiger partial charge in [0.15, 0.2) is 0 Å². The van der Waals surface area contributed by atoms with Gasteiger partial charge in [-0.3, -0.25) is 4.79 Å². The van der Waals surface area contributed by atoms with Crippen LogP contribution in [0.15, 0.2) is 11.1 Å². The Morgan fingerprint density at radius 3 is 3.07 bits per heavy atom. The molecule has 2 heterocycles. The van der Waals surface area contributed by atoms with Gasteiger partial charge in [0.2, 0.25) is 0 Å². The van der Waals surface area contributed by atoms with Crippen LogP contribution in [0.2, 0.25) is 0 Å². The first-order chi connectivity index (χ1) is 6.72. The number of hydrogen-bond donors (Lipinski definition) is 0. The molecular formula is C11H15ClO2. The van der Waals surface area contributed by atoms with E-state index >= 15 is 0 Å². The van der Waals surface area contributed by atoms with Crippen molar-refractivity contribution in [2.75, 3.05) is 0 Å². The van der Waals surface area contributed by atoms with E-state index in [1.165, 1.54) is 12.8 Å². The van der Waals surface area contributed by atoms with Gasteiger partial charge < -0.3 is 4.74 Å². The summed E-state index contributed by atoms with van der Waals surface area (Å²) in [5.41, 5.74) is 0. The van der Waals surface area contributed by atoms with Gasteiger partial charge >= 0.3 is 5.97 Å². The first kappa shape index (κ1) is 10.0. The van der Waals surface area contributed by atoms with Crippen molar-refractivity contribution in [3.8, 4) is 0 Å². The van der Waals surface area contributed by atoms with Crippen molar-refractivity contribution in [3.63, 3.8) is 0 Å². The van der Waals surface area contributed by atoms with Crippen molar-refractivity contribution in [1.82, 2.24) is 0 Å². The third kappa shape index (κ3) is 1.68. The maximum atomic E-state index is 11.3. The van der Waals surface area contributed by atoms with Crippen LogP contribution in [0.1, 0.15) is 32.6 Å². The Morgan fingerprint density at radius 1 is 1.64 bits per heavy atom. The minimum Gasteiger partial charge on any atom is -0.456 e. The first-order valence-electron chi connectivity index (χ1n) is 5.30. The SMILES string of the molecule is CCCC[C@H]1C[C@@H]2C=C(Cl)[C@H]1OC2=O. The van der Waals surface area contributed by atoms with Crippen molar-refractivity contribution in [1.29, 1.82) is 0 Å². The monoisotopic (exact) mass is 214 g/mol. The zero-order chi connectivity index (χ0) is 10.1. The molecule has 2 aliphatic heterocycles. The van der Waals surface area contributed by atoms with Crippen LogP contribution >= 0.6 is 11.6 Å². The lowest BCUT2D eigenvalue weighted by atomic mass is 9.79. The van der Waals surface area contributed by atoms with Gasteiger partial charge in [-0.25, -0.2) is 0 Å². The molecule has 0 saturated carbocycles. The van der Waals surface area contributed by atoms with Crippen molar-refractivity contribution in [2.24, 2.45) is 11.8 Å². The van der Waals surface area contributed by atoms with Crippen LogP contribution in [0.4, 0.5) is 0 Å². The largest absolute Gasteiger partial charge is 0.456 e. The van der Waals surface area contributed by atoms with Crippen LogP contribution in [0.5, 0.6) is 0 Å². The van der Waals surface area contributed by atoms with E-state index in [-0.39, 0.29) is 18.0 Å². The second kappa shape index (κ2) is 3.93. The maximum absolute atomic E-state index is 11.3. The topological polar surface area (TPSA) is 26.3 Å². The molecule has 0 spiro atoms. The maximum Gasteiger partial charge on any atom is 0.313 e. The minimum absolute atomic E-state index is 0.0747. The molecule has 1 aliphatic carbocycles. The summed E-state index contributed by atoms with van der Waals surface area (Å²) in [6, 6.07) is 0. The summed E-state index contributed by atoms with van der Waals surface area (Å²) >= 11 is 6.04. The third-order valence-electron chi connectivity index (χ3n) is 3.09.